The van der Waals surface area contributed by atoms with Crippen molar-refractivity contribution in [3.05, 3.63) is 58.6 Å². The molecule has 0 saturated carbocycles. The topological polar surface area (TPSA) is 46.3 Å². The van der Waals surface area contributed by atoms with Gasteiger partial charge < -0.3 is 10.6 Å². The molecule has 19 heavy (non-hydrogen) atoms. The number of carbonyl (C=O) groups excluding carboxylic acids is 1. The van der Waals surface area contributed by atoms with Crippen molar-refractivity contribution in [2.75, 3.05) is 17.2 Å². The summed E-state index contributed by atoms with van der Waals surface area (Å²) in [5.74, 6) is -0.0951. The van der Waals surface area contributed by atoms with Crippen molar-refractivity contribution in [1.82, 2.24) is 0 Å². The molecular weight excluding hydrogens is 260 g/mol. The second-order valence-corrected chi connectivity index (χ2v) is 4.92. The first-order chi connectivity index (χ1) is 9.18. The number of anilines is 2. The quantitative estimate of drug-likeness (QED) is 0.811. The van der Waals surface area contributed by atoms with Gasteiger partial charge in [-0.05, 0) is 30.2 Å². The fourth-order valence-electron chi connectivity index (χ4n) is 2.41. The number of para-hydroxylation sites is 1. The van der Waals surface area contributed by atoms with E-state index in [0.29, 0.717) is 22.8 Å². The first-order valence-corrected chi connectivity index (χ1v) is 6.50. The molecule has 1 heterocycles. The Morgan fingerprint density at radius 3 is 2.79 bits per heavy atom. The molecule has 0 aromatic heterocycles. The molecule has 0 bridgehead atoms. The van der Waals surface area contributed by atoms with Crippen LogP contribution in [0.3, 0.4) is 0 Å². The highest BCUT2D eigenvalue weighted by Gasteiger charge is 2.26. The Labute approximate surface area is 116 Å². The van der Waals surface area contributed by atoms with Crippen LogP contribution in [0.2, 0.25) is 5.02 Å². The molecule has 0 unspecified atom stereocenters. The average Bonchev–Trinajstić information content (AvgIpc) is 2.85. The summed E-state index contributed by atoms with van der Waals surface area (Å²) in [5.41, 5.74) is 8.79. The fourth-order valence-corrected chi connectivity index (χ4v) is 2.62. The number of hydrogen-bond acceptors (Lipinski definition) is 2. The van der Waals surface area contributed by atoms with Gasteiger partial charge in [0.05, 0.1) is 16.3 Å². The lowest BCUT2D eigenvalue weighted by atomic mass is 10.1. The number of fused-ring (bicyclic) bond motifs is 1. The fraction of sp³-hybridized carbons (Fsp3) is 0.133. The number of hydrogen-bond donors (Lipinski definition) is 1. The Bertz CT molecular complexity index is 654. The van der Waals surface area contributed by atoms with Crippen LogP contribution in [0.1, 0.15) is 15.9 Å². The van der Waals surface area contributed by atoms with Crippen LogP contribution in [0.5, 0.6) is 0 Å². The largest absolute Gasteiger partial charge is 0.398 e. The molecule has 2 aromatic carbocycles. The summed E-state index contributed by atoms with van der Waals surface area (Å²) in [6, 6.07) is 13.1. The van der Waals surface area contributed by atoms with E-state index in [1.165, 1.54) is 5.56 Å². The first-order valence-electron chi connectivity index (χ1n) is 6.12. The van der Waals surface area contributed by atoms with Crippen molar-refractivity contribution in [2.45, 2.75) is 6.42 Å². The molecule has 96 valence electrons. The van der Waals surface area contributed by atoms with Crippen molar-refractivity contribution in [2.24, 2.45) is 0 Å². The Morgan fingerprint density at radius 2 is 1.95 bits per heavy atom. The third-order valence-electron chi connectivity index (χ3n) is 3.39. The predicted octanol–water partition coefficient (Wildman–Crippen LogP) is 3.13. The maximum Gasteiger partial charge on any atom is 0.259 e. The summed E-state index contributed by atoms with van der Waals surface area (Å²) in [6.07, 6.45) is 0.877. The van der Waals surface area contributed by atoms with E-state index >= 15 is 0 Å². The minimum absolute atomic E-state index is 0.0951. The molecule has 0 aliphatic carbocycles. The number of benzene rings is 2. The Morgan fingerprint density at radius 1 is 1.16 bits per heavy atom. The highest BCUT2D eigenvalue weighted by molar-refractivity contribution is 6.37. The lowest BCUT2D eigenvalue weighted by molar-refractivity contribution is 0.0989. The lowest BCUT2D eigenvalue weighted by Gasteiger charge is -2.18. The van der Waals surface area contributed by atoms with Crippen LogP contribution in [0, 0.1) is 0 Å². The van der Waals surface area contributed by atoms with Crippen molar-refractivity contribution in [3.63, 3.8) is 0 Å². The minimum Gasteiger partial charge on any atom is -0.398 e. The van der Waals surface area contributed by atoms with E-state index in [1.807, 2.05) is 24.3 Å². The molecular formula is C15H13ClN2O. The molecule has 0 fully saturated rings. The van der Waals surface area contributed by atoms with Gasteiger partial charge in [-0.1, -0.05) is 35.9 Å². The molecule has 2 aromatic rings. The van der Waals surface area contributed by atoms with E-state index < -0.39 is 0 Å². The standard InChI is InChI=1S/C15H13ClN2O/c16-14-11(5-3-6-12(14)17)15(19)18-9-8-10-4-1-2-7-13(10)18/h1-7H,8-9,17H2. The van der Waals surface area contributed by atoms with Crippen LogP contribution < -0.4 is 10.6 Å². The molecule has 2 N–H and O–H groups in total. The zero-order valence-electron chi connectivity index (χ0n) is 10.3. The van der Waals surface area contributed by atoms with Crippen LogP contribution >= 0.6 is 11.6 Å². The first kappa shape index (κ1) is 12.1. The molecule has 1 aliphatic rings. The summed E-state index contributed by atoms with van der Waals surface area (Å²) in [7, 11) is 0. The molecule has 1 amide bonds. The molecule has 0 saturated heterocycles. The van der Waals surface area contributed by atoms with Gasteiger partial charge in [0.1, 0.15) is 0 Å². The number of nitrogen functional groups attached to an aromatic ring is 1. The smallest absolute Gasteiger partial charge is 0.259 e. The molecule has 0 atom stereocenters. The Balaban J connectivity index is 2.00. The molecule has 0 spiro atoms. The van der Waals surface area contributed by atoms with Crippen molar-refractivity contribution < 1.29 is 4.79 Å². The van der Waals surface area contributed by atoms with Gasteiger partial charge >= 0.3 is 0 Å². The van der Waals surface area contributed by atoms with Crippen LogP contribution in [-0.4, -0.2) is 12.5 Å². The minimum atomic E-state index is -0.0951. The van der Waals surface area contributed by atoms with Crippen LogP contribution in [0.15, 0.2) is 42.5 Å². The van der Waals surface area contributed by atoms with Gasteiger partial charge in [0, 0.05) is 12.2 Å². The van der Waals surface area contributed by atoms with Gasteiger partial charge in [0.2, 0.25) is 0 Å². The number of nitrogens with zero attached hydrogens (tertiary/aromatic N) is 1. The van der Waals surface area contributed by atoms with Crippen LogP contribution in [0.4, 0.5) is 11.4 Å². The van der Waals surface area contributed by atoms with Gasteiger partial charge in [-0.3, -0.25) is 4.79 Å². The lowest BCUT2D eigenvalue weighted by Crippen LogP contribution is -2.29. The third kappa shape index (κ3) is 1.96. The number of halogens is 1. The van der Waals surface area contributed by atoms with Gasteiger partial charge in [0.15, 0.2) is 0 Å². The summed E-state index contributed by atoms with van der Waals surface area (Å²) < 4.78 is 0. The maximum atomic E-state index is 12.6. The number of nitrogens with two attached hydrogens (primary N) is 1. The molecule has 3 rings (SSSR count). The zero-order valence-corrected chi connectivity index (χ0v) is 11.0. The molecule has 1 aliphatic heterocycles. The maximum absolute atomic E-state index is 12.6. The monoisotopic (exact) mass is 272 g/mol. The molecule has 3 nitrogen and oxygen atoms in total. The van der Waals surface area contributed by atoms with Crippen LogP contribution in [-0.2, 0) is 6.42 Å². The normalized spacial score (nSPS) is 13.4. The van der Waals surface area contributed by atoms with Crippen molar-refractivity contribution >= 4 is 28.9 Å². The third-order valence-corrected chi connectivity index (χ3v) is 3.81. The number of rotatable bonds is 1. The molecule has 0 radical (unpaired) electrons. The second kappa shape index (κ2) is 4.59. The van der Waals surface area contributed by atoms with Crippen molar-refractivity contribution in [1.29, 1.82) is 0 Å². The second-order valence-electron chi connectivity index (χ2n) is 4.54. The van der Waals surface area contributed by atoms with Crippen LogP contribution in [0.25, 0.3) is 0 Å². The number of amides is 1. The zero-order chi connectivity index (χ0) is 13.4. The van der Waals surface area contributed by atoms with Gasteiger partial charge in [-0.25, -0.2) is 0 Å². The Kier molecular flexibility index (Phi) is 2.91. The summed E-state index contributed by atoms with van der Waals surface area (Å²) >= 11 is 6.12. The highest BCUT2D eigenvalue weighted by Crippen LogP contribution is 2.31. The van der Waals surface area contributed by atoms with Gasteiger partial charge in [0.25, 0.3) is 5.91 Å². The van der Waals surface area contributed by atoms with E-state index in [1.54, 1.807) is 23.1 Å². The van der Waals surface area contributed by atoms with E-state index in [4.69, 9.17) is 17.3 Å². The summed E-state index contributed by atoms with van der Waals surface area (Å²) in [6.45, 7) is 0.684. The number of carbonyl (C=O) groups is 1. The molecule has 4 heteroatoms. The summed E-state index contributed by atoms with van der Waals surface area (Å²) in [4.78, 5) is 14.3. The van der Waals surface area contributed by atoms with Crippen molar-refractivity contribution in [3.8, 4) is 0 Å². The van der Waals surface area contributed by atoms with Gasteiger partial charge in [-0.2, -0.15) is 0 Å². The van der Waals surface area contributed by atoms with E-state index in [9.17, 15) is 4.79 Å². The van der Waals surface area contributed by atoms with Gasteiger partial charge in [-0.15, -0.1) is 0 Å². The Hall–Kier alpha value is -2.00. The summed E-state index contributed by atoms with van der Waals surface area (Å²) in [5, 5.41) is 0.330. The van der Waals surface area contributed by atoms with E-state index in [0.717, 1.165) is 12.1 Å². The average molecular weight is 273 g/mol. The predicted molar refractivity (Wildman–Crippen MR) is 77.7 cm³/mol. The SMILES string of the molecule is Nc1cccc(C(=O)N2CCc3ccccc32)c1Cl. The van der Waals surface area contributed by atoms with E-state index in [2.05, 4.69) is 0 Å². The highest BCUT2D eigenvalue weighted by atomic mass is 35.5. The van der Waals surface area contributed by atoms with E-state index in [-0.39, 0.29) is 5.91 Å².